The van der Waals surface area contributed by atoms with Gasteiger partial charge in [-0.3, -0.25) is 0 Å². The molecule has 20 heavy (non-hydrogen) atoms. The molecule has 0 amide bonds. The second-order valence-electron chi connectivity index (χ2n) is 4.82. The molecule has 0 aromatic carbocycles. The molecule has 108 valence electrons. The normalized spacial score (nSPS) is 10.8. The summed E-state index contributed by atoms with van der Waals surface area (Å²) in [5.41, 5.74) is 7.46. The van der Waals surface area contributed by atoms with E-state index in [4.69, 9.17) is 10.5 Å². The summed E-state index contributed by atoms with van der Waals surface area (Å²) in [6, 6.07) is 3.66. The molecule has 0 spiro atoms. The summed E-state index contributed by atoms with van der Waals surface area (Å²) in [4.78, 5) is 8.80. The van der Waals surface area contributed by atoms with Crippen LogP contribution in [0.5, 0.6) is 5.88 Å². The molecule has 0 fully saturated rings. The number of thiazole rings is 1. The van der Waals surface area contributed by atoms with Gasteiger partial charge in [0.15, 0.2) is 0 Å². The Kier molecular flexibility index (Phi) is 4.79. The first-order chi connectivity index (χ1) is 9.54. The van der Waals surface area contributed by atoms with E-state index in [1.54, 1.807) is 17.4 Å². The topological polar surface area (TPSA) is 73.1 Å². The Morgan fingerprint density at radius 3 is 2.80 bits per heavy atom. The maximum Gasteiger partial charge on any atom is 0.239 e. The van der Waals surface area contributed by atoms with Crippen molar-refractivity contribution >= 4 is 22.8 Å². The lowest BCUT2D eigenvalue weighted by molar-refractivity contribution is 0.234. The maximum atomic E-state index is 5.84. The Hall–Kier alpha value is -1.82. The molecule has 2 heterocycles. The van der Waals surface area contributed by atoms with Gasteiger partial charge in [-0.2, -0.15) is 4.98 Å². The maximum absolute atomic E-state index is 5.84. The molecule has 3 N–H and O–H groups in total. The predicted octanol–water partition coefficient (Wildman–Crippen LogP) is 2.87. The van der Waals surface area contributed by atoms with Crippen LogP contribution in [0.2, 0.25) is 0 Å². The summed E-state index contributed by atoms with van der Waals surface area (Å²) in [5.74, 6) is 1.25. The van der Waals surface area contributed by atoms with Crippen molar-refractivity contribution in [2.24, 2.45) is 0 Å². The fourth-order valence-electron chi connectivity index (χ4n) is 1.68. The van der Waals surface area contributed by atoms with Crippen molar-refractivity contribution in [3.05, 3.63) is 28.2 Å². The first-order valence-corrected chi connectivity index (χ1v) is 7.50. The van der Waals surface area contributed by atoms with Crippen LogP contribution in [0.1, 0.15) is 24.5 Å². The molecule has 2 aromatic rings. The fraction of sp³-hybridized carbons (Fsp3) is 0.429. The van der Waals surface area contributed by atoms with Crippen LogP contribution in [-0.2, 0) is 6.42 Å². The van der Waals surface area contributed by atoms with Crippen LogP contribution in [0.15, 0.2) is 17.5 Å². The summed E-state index contributed by atoms with van der Waals surface area (Å²) in [6.45, 7) is 6.69. The van der Waals surface area contributed by atoms with E-state index in [1.165, 1.54) is 0 Å². The van der Waals surface area contributed by atoms with Crippen molar-refractivity contribution in [3.63, 3.8) is 0 Å². The highest BCUT2D eigenvalue weighted by atomic mass is 32.1. The lowest BCUT2D eigenvalue weighted by Gasteiger charge is -2.12. The minimum Gasteiger partial charge on any atom is -0.473 e. The number of ether oxygens (including phenoxy) is 1. The van der Waals surface area contributed by atoms with Crippen LogP contribution >= 0.6 is 11.3 Å². The molecule has 0 saturated carbocycles. The Balaban J connectivity index is 1.92. The average Bonchev–Trinajstić information content (AvgIpc) is 2.78. The van der Waals surface area contributed by atoms with Crippen LogP contribution in [0, 0.1) is 6.92 Å². The number of aromatic nitrogens is 2. The number of hydrogen-bond donors (Lipinski definition) is 2. The number of anilines is 2. The second-order valence-corrected chi connectivity index (χ2v) is 5.76. The minimum absolute atomic E-state index is 0.0540. The Labute approximate surface area is 123 Å². The standard InChI is InChI=1S/C14H20N4OS/c1-9(2)19-14-11(15)4-5-12(18-14)16-7-6-13-17-10(3)8-20-13/h4-5,8-9H,6-7,15H2,1-3H3,(H,16,18). The zero-order valence-corrected chi connectivity index (χ0v) is 12.8. The second kappa shape index (κ2) is 6.56. The van der Waals surface area contributed by atoms with Crippen LogP contribution in [0.4, 0.5) is 11.5 Å². The molecule has 0 radical (unpaired) electrons. The number of pyridine rings is 1. The highest BCUT2D eigenvalue weighted by Gasteiger charge is 2.06. The van der Waals surface area contributed by atoms with Crippen molar-refractivity contribution in [1.29, 1.82) is 0 Å². The molecule has 5 nitrogen and oxygen atoms in total. The molecule has 2 aromatic heterocycles. The molecule has 0 bridgehead atoms. The summed E-state index contributed by atoms with van der Waals surface area (Å²) in [7, 11) is 0. The SMILES string of the molecule is Cc1csc(CCNc2ccc(N)c(OC(C)C)n2)n1. The van der Waals surface area contributed by atoms with Gasteiger partial charge in [-0.25, -0.2) is 4.98 Å². The Bertz CT molecular complexity index is 568. The van der Waals surface area contributed by atoms with Crippen LogP contribution in [-0.4, -0.2) is 22.6 Å². The Morgan fingerprint density at radius 1 is 1.35 bits per heavy atom. The quantitative estimate of drug-likeness (QED) is 0.856. The van der Waals surface area contributed by atoms with Crippen LogP contribution in [0.3, 0.4) is 0 Å². The summed E-state index contributed by atoms with van der Waals surface area (Å²) < 4.78 is 5.57. The summed E-state index contributed by atoms with van der Waals surface area (Å²) in [5, 5.41) is 6.45. The van der Waals surface area contributed by atoms with Crippen molar-refractivity contribution in [3.8, 4) is 5.88 Å². The van der Waals surface area contributed by atoms with Gasteiger partial charge in [0.25, 0.3) is 0 Å². The van der Waals surface area contributed by atoms with E-state index in [-0.39, 0.29) is 6.10 Å². The van der Waals surface area contributed by atoms with E-state index in [2.05, 4.69) is 20.7 Å². The summed E-state index contributed by atoms with van der Waals surface area (Å²) >= 11 is 1.68. The fourth-order valence-corrected chi connectivity index (χ4v) is 2.46. The largest absolute Gasteiger partial charge is 0.473 e. The van der Waals surface area contributed by atoms with Gasteiger partial charge in [0, 0.05) is 24.0 Å². The van der Waals surface area contributed by atoms with Gasteiger partial charge in [-0.1, -0.05) is 0 Å². The molecular weight excluding hydrogens is 272 g/mol. The number of nitrogen functional groups attached to an aromatic ring is 1. The van der Waals surface area contributed by atoms with Gasteiger partial charge in [-0.15, -0.1) is 11.3 Å². The van der Waals surface area contributed by atoms with Gasteiger partial charge in [0.05, 0.1) is 16.8 Å². The van der Waals surface area contributed by atoms with Gasteiger partial charge < -0.3 is 15.8 Å². The third kappa shape index (κ3) is 4.09. The van der Waals surface area contributed by atoms with E-state index < -0.39 is 0 Å². The zero-order valence-electron chi connectivity index (χ0n) is 12.0. The first-order valence-electron chi connectivity index (χ1n) is 6.62. The Morgan fingerprint density at radius 2 is 2.15 bits per heavy atom. The molecule has 0 atom stereocenters. The van der Waals surface area contributed by atoms with E-state index >= 15 is 0 Å². The number of nitrogens with one attached hydrogen (secondary N) is 1. The molecule has 0 unspecified atom stereocenters. The van der Waals surface area contributed by atoms with E-state index in [0.717, 1.165) is 29.5 Å². The van der Waals surface area contributed by atoms with E-state index in [1.807, 2.05) is 26.8 Å². The zero-order chi connectivity index (χ0) is 14.5. The molecule has 0 aliphatic heterocycles. The number of aryl methyl sites for hydroxylation is 1. The third-order valence-electron chi connectivity index (χ3n) is 2.55. The van der Waals surface area contributed by atoms with E-state index in [9.17, 15) is 0 Å². The number of rotatable bonds is 6. The molecule has 0 saturated heterocycles. The van der Waals surface area contributed by atoms with Crippen molar-refractivity contribution in [1.82, 2.24) is 9.97 Å². The van der Waals surface area contributed by atoms with Gasteiger partial charge >= 0.3 is 0 Å². The summed E-state index contributed by atoms with van der Waals surface area (Å²) in [6.07, 6.45) is 0.934. The number of nitrogens with two attached hydrogens (primary N) is 1. The number of nitrogens with zero attached hydrogens (tertiary/aromatic N) is 2. The number of hydrogen-bond acceptors (Lipinski definition) is 6. The van der Waals surface area contributed by atoms with Gasteiger partial charge in [0.2, 0.25) is 5.88 Å². The van der Waals surface area contributed by atoms with Crippen molar-refractivity contribution < 1.29 is 4.74 Å². The smallest absolute Gasteiger partial charge is 0.239 e. The van der Waals surface area contributed by atoms with Crippen molar-refractivity contribution in [2.45, 2.75) is 33.3 Å². The lowest BCUT2D eigenvalue weighted by Crippen LogP contribution is -2.11. The van der Waals surface area contributed by atoms with Crippen molar-refractivity contribution in [2.75, 3.05) is 17.6 Å². The average molecular weight is 292 g/mol. The minimum atomic E-state index is 0.0540. The van der Waals surface area contributed by atoms with E-state index in [0.29, 0.717) is 11.6 Å². The highest BCUT2D eigenvalue weighted by Crippen LogP contribution is 2.22. The molecule has 2 rings (SSSR count). The van der Waals surface area contributed by atoms with Crippen LogP contribution in [0.25, 0.3) is 0 Å². The molecular formula is C14H20N4OS. The highest BCUT2D eigenvalue weighted by molar-refractivity contribution is 7.09. The molecule has 0 aliphatic rings. The molecule has 6 heteroatoms. The van der Waals surface area contributed by atoms with Crippen LogP contribution < -0.4 is 15.8 Å². The van der Waals surface area contributed by atoms with Gasteiger partial charge in [0.1, 0.15) is 5.82 Å². The third-order valence-corrected chi connectivity index (χ3v) is 3.58. The predicted molar refractivity (Wildman–Crippen MR) is 83.5 cm³/mol. The molecule has 0 aliphatic carbocycles. The monoisotopic (exact) mass is 292 g/mol. The van der Waals surface area contributed by atoms with Gasteiger partial charge in [-0.05, 0) is 32.9 Å². The first kappa shape index (κ1) is 14.6. The lowest BCUT2D eigenvalue weighted by atomic mass is 10.3.